The molecule has 1 fully saturated rings. The van der Waals surface area contributed by atoms with E-state index < -0.39 is 59.5 Å². The lowest BCUT2D eigenvalue weighted by Crippen LogP contribution is -2.67. The molecular weight excluding hydrogens is 434 g/mol. The molecule has 0 radical (unpaired) electrons. The van der Waals surface area contributed by atoms with Crippen molar-refractivity contribution in [1.82, 2.24) is 0 Å². The standard InChI is InChI=1S/C20H30F6O5/c1-7-17(5,6)14(27)29-13-11-9-8-10-12(13)18(19(21,22)23,20(24,25)26)31-15(28)30-16(2,3)4/h12-13H,7-11H2,1-6H3. The maximum Gasteiger partial charge on any atom is 0.510 e. The molecule has 2 atom stereocenters. The summed E-state index contributed by atoms with van der Waals surface area (Å²) < 4.78 is 98.3. The number of hydrogen-bond acceptors (Lipinski definition) is 5. The Kier molecular flexibility index (Phi) is 7.99. The summed E-state index contributed by atoms with van der Waals surface area (Å²) in [6.45, 7) is 8.41. The average molecular weight is 464 g/mol. The summed E-state index contributed by atoms with van der Waals surface area (Å²) in [5, 5.41) is 0. The minimum atomic E-state index is -6.03. The molecule has 0 spiro atoms. The van der Waals surface area contributed by atoms with Crippen LogP contribution in [0.25, 0.3) is 0 Å². The first-order valence-electron chi connectivity index (χ1n) is 10.0. The van der Waals surface area contributed by atoms with Crippen LogP contribution in [0.15, 0.2) is 0 Å². The Morgan fingerprint density at radius 2 is 1.32 bits per heavy atom. The van der Waals surface area contributed by atoms with Gasteiger partial charge < -0.3 is 14.2 Å². The molecule has 1 saturated carbocycles. The van der Waals surface area contributed by atoms with Crippen LogP contribution in [0.2, 0.25) is 0 Å². The highest BCUT2D eigenvalue weighted by Crippen LogP contribution is 2.55. The molecule has 1 rings (SSSR count). The van der Waals surface area contributed by atoms with Gasteiger partial charge in [-0.25, -0.2) is 4.79 Å². The molecular formula is C20H30F6O5. The lowest BCUT2D eigenvalue weighted by atomic mass is 9.73. The molecule has 0 heterocycles. The molecule has 0 aromatic heterocycles. The van der Waals surface area contributed by atoms with Gasteiger partial charge in [-0.15, -0.1) is 0 Å². The van der Waals surface area contributed by atoms with Crippen molar-refractivity contribution in [2.75, 3.05) is 0 Å². The summed E-state index contributed by atoms with van der Waals surface area (Å²) in [7, 11) is 0. The van der Waals surface area contributed by atoms with E-state index in [0.29, 0.717) is 0 Å². The van der Waals surface area contributed by atoms with Gasteiger partial charge in [-0.3, -0.25) is 4.79 Å². The van der Waals surface area contributed by atoms with Gasteiger partial charge in [0.05, 0.1) is 11.3 Å². The second-order valence-electron chi connectivity index (χ2n) is 9.37. The van der Waals surface area contributed by atoms with Crippen LogP contribution in [0.3, 0.4) is 0 Å². The molecule has 1 aliphatic carbocycles. The van der Waals surface area contributed by atoms with E-state index in [0.717, 1.165) is 0 Å². The predicted octanol–water partition coefficient (Wildman–Crippen LogP) is 6.34. The first-order chi connectivity index (χ1) is 13.8. The van der Waals surface area contributed by atoms with Gasteiger partial charge in [0.25, 0.3) is 0 Å². The van der Waals surface area contributed by atoms with Crippen LogP contribution in [0.4, 0.5) is 31.1 Å². The monoisotopic (exact) mass is 464 g/mol. The first kappa shape index (κ1) is 27.4. The molecule has 0 bridgehead atoms. The summed E-state index contributed by atoms with van der Waals surface area (Å²) in [6, 6.07) is 0. The van der Waals surface area contributed by atoms with E-state index >= 15 is 0 Å². The molecule has 0 N–H and O–H groups in total. The quantitative estimate of drug-likeness (QED) is 0.351. The van der Waals surface area contributed by atoms with E-state index in [2.05, 4.69) is 9.47 Å². The van der Waals surface area contributed by atoms with Gasteiger partial charge in [-0.05, 0) is 60.3 Å². The highest BCUT2D eigenvalue weighted by atomic mass is 19.4. The van der Waals surface area contributed by atoms with E-state index in [1.165, 1.54) is 34.6 Å². The van der Waals surface area contributed by atoms with Crippen LogP contribution in [-0.4, -0.2) is 41.8 Å². The van der Waals surface area contributed by atoms with Crippen LogP contribution in [-0.2, 0) is 19.0 Å². The average Bonchev–Trinajstić information content (AvgIpc) is 2.56. The maximum atomic E-state index is 14.1. The molecule has 0 aromatic carbocycles. The molecule has 5 nitrogen and oxygen atoms in total. The van der Waals surface area contributed by atoms with E-state index in [9.17, 15) is 35.9 Å². The first-order valence-corrected chi connectivity index (χ1v) is 10.0. The molecule has 31 heavy (non-hydrogen) atoms. The Balaban J connectivity index is 3.50. The van der Waals surface area contributed by atoms with Gasteiger partial charge in [0, 0.05) is 0 Å². The fourth-order valence-electron chi connectivity index (χ4n) is 3.32. The summed E-state index contributed by atoms with van der Waals surface area (Å²) >= 11 is 0. The SMILES string of the molecule is CCC(C)(C)C(=O)OC1CCCCC1C(OC(=O)OC(C)(C)C)(C(F)(F)F)C(F)(F)F. The molecule has 11 heteroatoms. The van der Waals surface area contributed by atoms with E-state index in [-0.39, 0.29) is 25.7 Å². The highest BCUT2D eigenvalue weighted by Gasteiger charge is 2.79. The predicted molar refractivity (Wildman–Crippen MR) is 98.1 cm³/mol. The van der Waals surface area contributed by atoms with Crippen molar-refractivity contribution < 1.29 is 50.1 Å². The van der Waals surface area contributed by atoms with Crippen molar-refractivity contribution in [3.63, 3.8) is 0 Å². The van der Waals surface area contributed by atoms with Crippen LogP contribution in [0.5, 0.6) is 0 Å². The second-order valence-corrected chi connectivity index (χ2v) is 9.37. The molecule has 182 valence electrons. The maximum absolute atomic E-state index is 14.1. The Bertz CT molecular complexity index is 634. The lowest BCUT2D eigenvalue weighted by Gasteiger charge is -2.46. The zero-order chi connectivity index (χ0) is 24.5. The molecule has 2 unspecified atom stereocenters. The molecule has 0 amide bonds. The highest BCUT2D eigenvalue weighted by molar-refractivity contribution is 5.76. The van der Waals surface area contributed by atoms with E-state index in [1.54, 1.807) is 6.92 Å². The molecule has 0 aromatic rings. The number of halogens is 6. The third-order valence-corrected chi connectivity index (χ3v) is 5.40. The number of carbonyl (C=O) groups excluding carboxylic acids is 2. The van der Waals surface area contributed by atoms with E-state index in [4.69, 9.17) is 4.74 Å². The zero-order valence-electron chi connectivity index (χ0n) is 18.5. The van der Waals surface area contributed by atoms with Crippen LogP contribution < -0.4 is 0 Å². The largest absolute Gasteiger partial charge is 0.510 e. The Morgan fingerprint density at radius 1 is 0.839 bits per heavy atom. The number of alkyl halides is 6. The van der Waals surface area contributed by atoms with Crippen molar-refractivity contribution in [3.8, 4) is 0 Å². The van der Waals surface area contributed by atoms with Crippen LogP contribution in [0, 0.1) is 11.3 Å². The van der Waals surface area contributed by atoms with Crippen LogP contribution in [0.1, 0.15) is 73.6 Å². The van der Waals surface area contributed by atoms with E-state index in [1.807, 2.05) is 0 Å². The zero-order valence-corrected chi connectivity index (χ0v) is 18.5. The third-order valence-electron chi connectivity index (χ3n) is 5.40. The second kappa shape index (κ2) is 9.05. The van der Waals surface area contributed by atoms with Gasteiger partial charge in [-0.1, -0.05) is 13.3 Å². The van der Waals surface area contributed by atoms with Crippen molar-refractivity contribution in [1.29, 1.82) is 0 Å². The fraction of sp³-hybridized carbons (Fsp3) is 0.900. The minimum Gasteiger partial charge on any atom is -0.461 e. The van der Waals surface area contributed by atoms with Crippen molar-refractivity contribution in [2.45, 2.75) is 103 Å². The van der Waals surface area contributed by atoms with Crippen molar-refractivity contribution in [3.05, 3.63) is 0 Å². The topological polar surface area (TPSA) is 61.8 Å². The summed E-state index contributed by atoms with van der Waals surface area (Å²) in [5.74, 6) is -3.28. The van der Waals surface area contributed by atoms with Crippen molar-refractivity contribution >= 4 is 12.1 Å². The number of hydrogen-bond donors (Lipinski definition) is 0. The summed E-state index contributed by atoms with van der Waals surface area (Å²) in [4.78, 5) is 24.4. The number of ether oxygens (including phenoxy) is 3. The fourth-order valence-corrected chi connectivity index (χ4v) is 3.32. The smallest absolute Gasteiger partial charge is 0.461 e. The molecule has 0 aliphatic heterocycles. The third kappa shape index (κ3) is 6.19. The van der Waals surface area contributed by atoms with Gasteiger partial charge in [-0.2, -0.15) is 26.3 Å². The van der Waals surface area contributed by atoms with Crippen molar-refractivity contribution in [2.24, 2.45) is 11.3 Å². The van der Waals surface area contributed by atoms with Gasteiger partial charge in [0.2, 0.25) is 0 Å². The van der Waals surface area contributed by atoms with Gasteiger partial charge in [0.1, 0.15) is 11.7 Å². The Morgan fingerprint density at radius 3 is 1.74 bits per heavy atom. The lowest BCUT2D eigenvalue weighted by molar-refractivity contribution is -0.393. The minimum absolute atomic E-state index is 0.0154. The number of carbonyl (C=O) groups is 2. The Hall–Kier alpha value is -1.68. The number of rotatable bonds is 5. The summed E-state index contributed by atoms with van der Waals surface area (Å²) in [5.41, 5.74) is -7.37. The van der Waals surface area contributed by atoms with Crippen LogP contribution >= 0.6 is 0 Å². The molecule has 1 aliphatic rings. The normalized spacial score (nSPS) is 21.4. The van der Waals surface area contributed by atoms with Gasteiger partial charge in [0.15, 0.2) is 0 Å². The summed E-state index contributed by atoms with van der Waals surface area (Å²) in [6.07, 6.45) is -16.2. The number of esters is 1. The van der Waals surface area contributed by atoms with Gasteiger partial charge >= 0.3 is 30.1 Å². The Labute approximate surface area is 177 Å². The molecule has 0 saturated heterocycles.